The predicted octanol–water partition coefficient (Wildman–Crippen LogP) is 5.30. The quantitative estimate of drug-likeness (QED) is 0.412. The molecule has 0 atom stereocenters. The van der Waals surface area contributed by atoms with Crippen LogP contribution in [0.2, 0.25) is 0 Å². The second kappa shape index (κ2) is 9.46. The Hall–Kier alpha value is -3.65. The maximum absolute atomic E-state index is 13.1. The number of aromatic nitrogens is 1. The molecule has 1 aliphatic rings. The molecule has 0 unspecified atom stereocenters. The summed E-state index contributed by atoms with van der Waals surface area (Å²) in [6.45, 7) is 6.06. The number of nitrogens with one attached hydrogen (secondary N) is 1. The van der Waals surface area contributed by atoms with Crippen molar-refractivity contribution in [2.24, 2.45) is 4.99 Å². The lowest BCUT2D eigenvalue weighted by molar-refractivity contribution is -0.115. The van der Waals surface area contributed by atoms with Gasteiger partial charge in [0, 0.05) is 17.1 Å². The number of hydrogen-bond acceptors (Lipinski definition) is 5. The lowest BCUT2D eigenvalue weighted by atomic mass is 10.2. The Morgan fingerprint density at radius 2 is 1.85 bits per heavy atom. The van der Waals surface area contributed by atoms with Crippen molar-refractivity contribution in [2.45, 2.75) is 20.8 Å². The van der Waals surface area contributed by atoms with Crippen LogP contribution in [0.1, 0.15) is 34.2 Å². The van der Waals surface area contributed by atoms with Gasteiger partial charge in [-0.05, 0) is 98.8 Å². The van der Waals surface area contributed by atoms with E-state index in [0.717, 1.165) is 22.6 Å². The highest BCUT2D eigenvalue weighted by Crippen LogP contribution is 2.30. The van der Waals surface area contributed by atoms with E-state index in [9.17, 15) is 14.0 Å². The van der Waals surface area contributed by atoms with Crippen molar-refractivity contribution < 1.29 is 18.7 Å². The molecule has 0 radical (unpaired) electrons. The van der Waals surface area contributed by atoms with Gasteiger partial charge in [0.2, 0.25) is 0 Å². The predicted molar refractivity (Wildman–Crippen MR) is 128 cm³/mol. The fraction of sp³-hybridized carbons (Fsp3) is 0.160. The van der Waals surface area contributed by atoms with Crippen LogP contribution in [0.5, 0.6) is 0 Å². The molecule has 1 N–H and O–H groups in total. The second-order valence-corrected chi connectivity index (χ2v) is 8.42. The van der Waals surface area contributed by atoms with Crippen molar-refractivity contribution in [1.82, 2.24) is 9.88 Å². The van der Waals surface area contributed by atoms with Gasteiger partial charge in [0.25, 0.3) is 5.91 Å². The first kappa shape index (κ1) is 22.5. The zero-order valence-electron chi connectivity index (χ0n) is 18.4. The number of thioether (sulfide) groups is 1. The van der Waals surface area contributed by atoms with Crippen molar-refractivity contribution in [3.63, 3.8) is 0 Å². The van der Waals surface area contributed by atoms with E-state index in [4.69, 9.17) is 4.74 Å². The summed E-state index contributed by atoms with van der Waals surface area (Å²) in [7, 11) is 0. The highest BCUT2D eigenvalue weighted by atomic mass is 32.2. The minimum Gasteiger partial charge on any atom is -0.462 e. The maximum atomic E-state index is 13.1. The van der Waals surface area contributed by atoms with Crippen molar-refractivity contribution >= 4 is 40.6 Å². The number of carbonyl (C=O) groups excluding carboxylic acids is 2. The Kier molecular flexibility index (Phi) is 6.46. The van der Waals surface area contributed by atoms with Crippen LogP contribution >= 0.6 is 11.8 Å². The number of rotatable bonds is 5. The van der Waals surface area contributed by atoms with Crippen molar-refractivity contribution in [3.05, 3.63) is 87.8 Å². The number of amides is 1. The lowest BCUT2D eigenvalue weighted by Crippen LogP contribution is -2.19. The summed E-state index contributed by atoms with van der Waals surface area (Å²) in [6.07, 6.45) is 1.83. The molecule has 3 aromatic rings. The number of amidine groups is 1. The Morgan fingerprint density at radius 3 is 2.52 bits per heavy atom. The topological polar surface area (TPSA) is 72.7 Å². The van der Waals surface area contributed by atoms with Gasteiger partial charge in [-0.25, -0.2) is 14.2 Å². The standard InChI is InChI=1S/C25H22FN3O3S/c1-4-32-24(31)17-5-11-21(12-6-17)29-15(2)13-18(16(29)3)14-22-23(30)28-25(33-22)27-20-9-7-19(26)8-10-20/h5-14H,4H2,1-3H3,(H,27,28,30)/b22-14-. The molecule has 33 heavy (non-hydrogen) atoms. The van der Waals surface area contributed by atoms with E-state index in [-0.39, 0.29) is 17.7 Å². The summed E-state index contributed by atoms with van der Waals surface area (Å²) >= 11 is 1.24. The summed E-state index contributed by atoms with van der Waals surface area (Å²) in [6, 6.07) is 15.0. The first-order valence-corrected chi connectivity index (χ1v) is 11.2. The summed E-state index contributed by atoms with van der Waals surface area (Å²) in [5, 5.41) is 3.19. The van der Waals surface area contributed by atoms with E-state index < -0.39 is 0 Å². The largest absolute Gasteiger partial charge is 0.462 e. The summed E-state index contributed by atoms with van der Waals surface area (Å²) in [5.41, 5.74) is 4.82. The lowest BCUT2D eigenvalue weighted by Gasteiger charge is -2.10. The fourth-order valence-corrected chi connectivity index (χ4v) is 4.38. The van der Waals surface area contributed by atoms with Gasteiger partial charge in [-0.15, -0.1) is 0 Å². The van der Waals surface area contributed by atoms with Gasteiger partial charge in [0.05, 0.1) is 22.8 Å². The van der Waals surface area contributed by atoms with Gasteiger partial charge in [0.1, 0.15) is 5.82 Å². The number of ether oxygens (including phenoxy) is 1. The molecule has 4 rings (SSSR count). The zero-order valence-corrected chi connectivity index (χ0v) is 19.2. The minimum atomic E-state index is -0.349. The molecule has 8 heteroatoms. The molecule has 1 aliphatic heterocycles. The Bertz CT molecular complexity index is 1280. The third kappa shape index (κ3) is 4.90. The maximum Gasteiger partial charge on any atom is 0.338 e. The van der Waals surface area contributed by atoms with Crippen LogP contribution in [0.4, 0.5) is 10.1 Å². The molecule has 0 aliphatic carbocycles. The third-order valence-electron chi connectivity index (χ3n) is 5.10. The average Bonchev–Trinajstić information content (AvgIpc) is 3.28. The highest BCUT2D eigenvalue weighted by Gasteiger charge is 2.24. The molecule has 6 nitrogen and oxygen atoms in total. The number of benzene rings is 2. The van der Waals surface area contributed by atoms with Crippen LogP contribution in [-0.4, -0.2) is 28.2 Å². The number of aryl methyl sites for hydroxylation is 1. The first-order chi connectivity index (χ1) is 15.9. The van der Waals surface area contributed by atoms with E-state index in [0.29, 0.717) is 27.9 Å². The Labute approximate surface area is 195 Å². The van der Waals surface area contributed by atoms with Gasteiger partial charge in [-0.1, -0.05) is 0 Å². The second-order valence-electron chi connectivity index (χ2n) is 7.39. The highest BCUT2D eigenvalue weighted by molar-refractivity contribution is 8.18. The molecule has 1 saturated heterocycles. The van der Waals surface area contributed by atoms with Gasteiger partial charge in [0.15, 0.2) is 5.17 Å². The third-order valence-corrected chi connectivity index (χ3v) is 6.01. The molecular weight excluding hydrogens is 441 g/mol. The van der Waals surface area contributed by atoms with E-state index in [1.165, 1.54) is 23.9 Å². The van der Waals surface area contributed by atoms with Crippen molar-refractivity contribution in [3.8, 4) is 5.69 Å². The van der Waals surface area contributed by atoms with E-state index in [1.54, 1.807) is 31.2 Å². The van der Waals surface area contributed by atoms with Gasteiger partial charge < -0.3 is 14.6 Å². The summed E-state index contributed by atoms with van der Waals surface area (Å²) in [5.74, 6) is -0.921. The van der Waals surface area contributed by atoms with Gasteiger partial charge in [-0.2, -0.15) is 0 Å². The first-order valence-electron chi connectivity index (χ1n) is 10.4. The monoisotopic (exact) mass is 463 g/mol. The fourth-order valence-electron chi connectivity index (χ4n) is 3.55. The van der Waals surface area contributed by atoms with Gasteiger partial charge >= 0.3 is 5.97 Å². The number of hydrogen-bond donors (Lipinski definition) is 1. The summed E-state index contributed by atoms with van der Waals surface area (Å²) < 4.78 is 20.2. The van der Waals surface area contributed by atoms with Crippen LogP contribution in [0.25, 0.3) is 11.8 Å². The normalized spacial score (nSPS) is 15.8. The molecule has 2 aromatic carbocycles. The number of nitrogens with zero attached hydrogens (tertiary/aromatic N) is 2. The molecule has 0 bridgehead atoms. The van der Waals surface area contributed by atoms with Crippen molar-refractivity contribution in [2.75, 3.05) is 6.61 Å². The van der Waals surface area contributed by atoms with E-state index in [2.05, 4.69) is 14.9 Å². The molecule has 1 amide bonds. The number of carbonyl (C=O) groups is 2. The molecule has 0 spiro atoms. The van der Waals surface area contributed by atoms with Crippen LogP contribution < -0.4 is 5.32 Å². The number of esters is 1. The zero-order chi connectivity index (χ0) is 23.5. The molecule has 168 valence electrons. The van der Waals surface area contributed by atoms with Gasteiger partial charge in [-0.3, -0.25) is 4.79 Å². The average molecular weight is 464 g/mol. The molecular formula is C25H22FN3O3S. The number of aliphatic imine (C=N–C) groups is 1. The minimum absolute atomic E-state index is 0.232. The van der Waals surface area contributed by atoms with Crippen LogP contribution in [0.15, 0.2) is 64.5 Å². The Morgan fingerprint density at radius 1 is 1.15 bits per heavy atom. The van der Waals surface area contributed by atoms with Crippen LogP contribution in [-0.2, 0) is 9.53 Å². The molecule has 1 fully saturated rings. The van der Waals surface area contributed by atoms with E-state index >= 15 is 0 Å². The molecule has 2 heterocycles. The van der Waals surface area contributed by atoms with Crippen molar-refractivity contribution in [1.29, 1.82) is 0 Å². The van der Waals surface area contributed by atoms with E-state index in [1.807, 2.05) is 38.1 Å². The summed E-state index contributed by atoms with van der Waals surface area (Å²) in [4.78, 5) is 29.3. The smallest absolute Gasteiger partial charge is 0.338 e. The Balaban J connectivity index is 1.58. The SMILES string of the molecule is CCOC(=O)c1ccc(-n2c(C)cc(/C=C3\SC(=Nc4ccc(F)cc4)NC3=O)c2C)cc1. The molecule has 1 aromatic heterocycles. The molecule has 0 saturated carbocycles. The van der Waals surface area contributed by atoms with Crippen LogP contribution in [0, 0.1) is 19.7 Å². The number of halogens is 1. The van der Waals surface area contributed by atoms with Crippen LogP contribution in [0.3, 0.4) is 0 Å².